The van der Waals surface area contributed by atoms with Gasteiger partial charge in [-0.25, -0.2) is 0 Å². The van der Waals surface area contributed by atoms with Crippen LogP contribution in [0.1, 0.15) is 45.1 Å². The second-order valence-electron chi connectivity index (χ2n) is 6.71. The number of nitrogens with zero attached hydrogens (tertiary/aromatic N) is 1. The van der Waals surface area contributed by atoms with Crippen molar-refractivity contribution in [2.45, 2.75) is 46.0 Å². The number of nitrogen functional groups attached to an aromatic ring is 1. The van der Waals surface area contributed by atoms with Crippen molar-refractivity contribution < 1.29 is 0 Å². The standard InChI is InChI=1S/C17H28N2/c1-17(2)9-5-12-19(13-10-17)11-4-7-15-6-3-8-16(18)14-15/h3,6,8,14H,4-5,7,9-13,18H2,1-2H3. The lowest BCUT2D eigenvalue weighted by Crippen LogP contribution is -2.26. The average Bonchev–Trinajstić information content (AvgIpc) is 2.51. The third kappa shape index (κ3) is 4.87. The maximum absolute atomic E-state index is 5.81. The minimum absolute atomic E-state index is 0.544. The number of anilines is 1. The van der Waals surface area contributed by atoms with E-state index < -0.39 is 0 Å². The van der Waals surface area contributed by atoms with Crippen LogP contribution in [0.3, 0.4) is 0 Å². The van der Waals surface area contributed by atoms with Gasteiger partial charge in [-0.15, -0.1) is 0 Å². The molecule has 1 saturated heterocycles. The topological polar surface area (TPSA) is 29.3 Å². The van der Waals surface area contributed by atoms with Gasteiger partial charge in [0.15, 0.2) is 0 Å². The van der Waals surface area contributed by atoms with Gasteiger partial charge in [0.1, 0.15) is 0 Å². The number of likely N-dealkylation sites (tertiary alicyclic amines) is 1. The molecule has 0 aliphatic carbocycles. The molecule has 2 nitrogen and oxygen atoms in total. The fraction of sp³-hybridized carbons (Fsp3) is 0.647. The van der Waals surface area contributed by atoms with Crippen LogP contribution in [0.5, 0.6) is 0 Å². The summed E-state index contributed by atoms with van der Waals surface area (Å²) in [5.74, 6) is 0. The molecular formula is C17H28N2. The SMILES string of the molecule is CC1(C)CCCN(CCCc2cccc(N)c2)CC1. The molecule has 0 bridgehead atoms. The number of benzene rings is 1. The van der Waals surface area contributed by atoms with Crippen LogP contribution in [0, 0.1) is 5.41 Å². The first-order valence-electron chi connectivity index (χ1n) is 7.62. The highest BCUT2D eigenvalue weighted by Crippen LogP contribution is 2.29. The third-order valence-electron chi connectivity index (χ3n) is 4.32. The summed E-state index contributed by atoms with van der Waals surface area (Å²) in [5, 5.41) is 0. The second kappa shape index (κ2) is 6.42. The van der Waals surface area contributed by atoms with Crippen LogP contribution in [-0.2, 0) is 6.42 Å². The van der Waals surface area contributed by atoms with E-state index >= 15 is 0 Å². The highest BCUT2D eigenvalue weighted by atomic mass is 15.1. The molecule has 0 spiro atoms. The summed E-state index contributed by atoms with van der Waals surface area (Å²) in [7, 11) is 0. The van der Waals surface area contributed by atoms with Crippen LogP contribution >= 0.6 is 0 Å². The minimum atomic E-state index is 0.544. The van der Waals surface area contributed by atoms with Gasteiger partial charge in [0.05, 0.1) is 0 Å². The monoisotopic (exact) mass is 260 g/mol. The zero-order valence-corrected chi connectivity index (χ0v) is 12.5. The van der Waals surface area contributed by atoms with Crippen molar-refractivity contribution in [1.29, 1.82) is 0 Å². The molecule has 0 amide bonds. The van der Waals surface area contributed by atoms with Gasteiger partial charge >= 0.3 is 0 Å². The van der Waals surface area contributed by atoms with Crippen LogP contribution in [0.2, 0.25) is 0 Å². The molecule has 1 aromatic carbocycles. The van der Waals surface area contributed by atoms with Crippen molar-refractivity contribution in [2.75, 3.05) is 25.4 Å². The Morgan fingerprint density at radius 2 is 2.05 bits per heavy atom. The largest absolute Gasteiger partial charge is 0.399 e. The van der Waals surface area contributed by atoms with E-state index in [0.29, 0.717) is 5.41 Å². The predicted octanol–water partition coefficient (Wildman–Crippen LogP) is 3.71. The van der Waals surface area contributed by atoms with E-state index in [1.165, 1.54) is 50.9 Å². The maximum Gasteiger partial charge on any atom is 0.0316 e. The summed E-state index contributed by atoms with van der Waals surface area (Å²) in [6, 6.07) is 8.30. The van der Waals surface area contributed by atoms with Gasteiger partial charge in [-0.05, 0) is 74.8 Å². The Kier molecular flexibility index (Phi) is 4.87. The molecule has 0 unspecified atom stereocenters. The van der Waals surface area contributed by atoms with Crippen LogP contribution in [-0.4, -0.2) is 24.5 Å². The number of hydrogen-bond acceptors (Lipinski definition) is 2. The fourth-order valence-corrected chi connectivity index (χ4v) is 2.96. The van der Waals surface area contributed by atoms with E-state index in [2.05, 4.69) is 36.9 Å². The zero-order valence-electron chi connectivity index (χ0n) is 12.5. The van der Waals surface area contributed by atoms with Gasteiger partial charge < -0.3 is 10.6 Å². The van der Waals surface area contributed by atoms with Gasteiger partial charge in [-0.3, -0.25) is 0 Å². The molecule has 2 heteroatoms. The maximum atomic E-state index is 5.81. The van der Waals surface area contributed by atoms with Crippen LogP contribution in [0.25, 0.3) is 0 Å². The number of nitrogens with two attached hydrogens (primary N) is 1. The molecule has 1 aliphatic rings. The number of hydrogen-bond donors (Lipinski definition) is 1. The molecule has 0 aromatic heterocycles. The lowest BCUT2D eigenvalue weighted by Gasteiger charge is -2.23. The van der Waals surface area contributed by atoms with Crippen molar-refractivity contribution in [3.8, 4) is 0 Å². The minimum Gasteiger partial charge on any atom is -0.399 e. The van der Waals surface area contributed by atoms with Crippen molar-refractivity contribution >= 4 is 5.69 Å². The molecule has 0 radical (unpaired) electrons. The Labute approximate surface area is 118 Å². The molecule has 1 fully saturated rings. The van der Waals surface area contributed by atoms with E-state index in [1.807, 2.05) is 6.07 Å². The molecule has 0 atom stereocenters. The third-order valence-corrected chi connectivity index (χ3v) is 4.32. The Balaban J connectivity index is 1.74. The molecule has 0 saturated carbocycles. The smallest absolute Gasteiger partial charge is 0.0316 e. The van der Waals surface area contributed by atoms with Crippen molar-refractivity contribution in [2.24, 2.45) is 5.41 Å². The molecule has 2 rings (SSSR count). The summed E-state index contributed by atoms with van der Waals surface area (Å²) in [4.78, 5) is 2.64. The van der Waals surface area contributed by atoms with Crippen LogP contribution in [0.15, 0.2) is 24.3 Å². The predicted molar refractivity (Wildman–Crippen MR) is 83.2 cm³/mol. The summed E-state index contributed by atoms with van der Waals surface area (Å²) in [5.41, 5.74) is 8.61. The van der Waals surface area contributed by atoms with E-state index in [-0.39, 0.29) is 0 Å². The number of aryl methyl sites for hydroxylation is 1. The Bertz CT molecular complexity index is 398. The molecule has 106 valence electrons. The van der Waals surface area contributed by atoms with Gasteiger partial charge in [-0.2, -0.15) is 0 Å². The van der Waals surface area contributed by atoms with E-state index in [1.54, 1.807) is 0 Å². The molecular weight excluding hydrogens is 232 g/mol. The van der Waals surface area contributed by atoms with Gasteiger partial charge in [0.2, 0.25) is 0 Å². The zero-order chi connectivity index (χ0) is 13.7. The first kappa shape index (κ1) is 14.4. The van der Waals surface area contributed by atoms with Crippen molar-refractivity contribution in [1.82, 2.24) is 4.90 Å². The number of rotatable bonds is 4. The normalized spacial score (nSPS) is 20.1. The molecule has 1 aliphatic heterocycles. The van der Waals surface area contributed by atoms with Gasteiger partial charge in [0.25, 0.3) is 0 Å². The van der Waals surface area contributed by atoms with E-state index in [4.69, 9.17) is 5.73 Å². The fourth-order valence-electron chi connectivity index (χ4n) is 2.96. The lowest BCUT2D eigenvalue weighted by atomic mass is 9.85. The van der Waals surface area contributed by atoms with E-state index in [9.17, 15) is 0 Å². The van der Waals surface area contributed by atoms with E-state index in [0.717, 1.165) is 12.1 Å². The van der Waals surface area contributed by atoms with Crippen LogP contribution in [0.4, 0.5) is 5.69 Å². The molecule has 19 heavy (non-hydrogen) atoms. The summed E-state index contributed by atoms with van der Waals surface area (Å²) >= 11 is 0. The molecule has 2 N–H and O–H groups in total. The summed E-state index contributed by atoms with van der Waals surface area (Å²) in [6.07, 6.45) is 6.45. The molecule has 1 heterocycles. The van der Waals surface area contributed by atoms with Crippen LogP contribution < -0.4 is 5.73 Å². The van der Waals surface area contributed by atoms with Gasteiger partial charge in [0, 0.05) is 5.69 Å². The highest BCUT2D eigenvalue weighted by Gasteiger charge is 2.22. The van der Waals surface area contributed by atoms with Crippen molar-refractivity contribution in [3.05, 3.63) is 29.8 Å². The first-order valence-corrected chi connectivity index (χ1v) is 7.62. The lowest BCUT2D eigenvalue weighted by molar-refractivity contribution is 0.260. The Morgan fingerprint density at radius 1 is 1.21 bits per heavy atom. The second-order valence-corrected chi connectivity index (χ2v) is 6.71. The molecule has 1 aromatic rings. The highest BCUT2D eigenvalue weighted by molar-refractivity contribution is 5.40. The Hall–Kier alpha value is -1.02. The summed E-state index contributed by atoms with van der Waals surface area (Å²) < 4.78 is 0. The first-order chi connectivity index (χ1) is 9.05. The average molecular weight is 260 g/mol. The van der Waals surface area contributed by atoms with Gasteiger partial charge in [-0.1, -0.05) is 26.0 Å². The quantitative estimate of drug-likeness (QED) is 0.836. The Morgan fingerprint density at radius 3 is 2.84 bits per heavy atom. The summed E-state index contributed by atoms with van der Waals surface area (Å²) in [6.45, 7) is 8.58. The van der Waals surface area contributed by atoms with Crippen molar-refractivity contribution in [3.63, 3.8) is 0 Å².